The lowest BCUT2D eigenvalue weighted by atomic mass is 10.00. The molecule has 2 aromatic heterocycles. The molecule has 1 saturated heterocycles. The van der Waals surface area contributed by atoms with Gasteiger partial charge in [0.25, 0.3) is 5.91 Å². The van der Waals surface area contributed by atoms with Crippen LogP contribution in [-0.4, -0.2) is 35.5 Å². The molecule has 1 fully saturated rings. The molecule has 3 aromatic rings. The summed E-state index contributed by atoms with van der Waals surface area (Å²) in [4.78, 5) is 21.1. The lowest BCUT2D eigenvalue weighted by Gasteiger charge is -2.30. The molecular weight excluding hydrogens is 346 g/mol. The van der Waals surface area contributed by atoms with Gasteiger partial charge in [0.2, 0.25) is 0 Å². The highest BCUT2D eigenvalue weighted by molar-refractivity contribution is 7.21. The van der Waals surface area contributed by atoms with Crippen molar-refractivity contribution in [2.75, 3.05) is 25.4 Å². The molecule has 5 nitrogen and oxygen atoms in total. The van der Waals surface area contributed by atoms with E-state index in [4.69, 9.17) is 15.5 Å². The number of benzene rings is 1. The average Bonchev–Trinajstić information content (AvgIpc) is 2.95. The van der Waals surface area contributed by atoms with Gasteiger partial charge in [-0.3, -0.25) is 4.79 Å². The van der Waals surface area contributed by atoms with Crippen LogP contribution in [0.15, 0.2) is 24.3 Å². The van der Waals surface area contributed by atoms with Crippen molar-refractivity contribution in [3.05, 3.63) is 29.1 Å². The number of fused-ring (bicyclic) bond motifs is 2. The number of nitrogens with two attached hydrogens (primary N) is 1. The van der Waals surface area contributed by atoms with E-state index in [1.165, 1.54) is 17.8 Å². The van der Waals surface area contributed by atoms with E-state index in [1.54, 1.807) is 0 Å². The van der Waals surface area contributed by atoms with Crippen LogP contribution in [0, 0.1) is 5.92 Å². The number of amides is 1. The molecule has 1 aliphatic heterocycles. The smallest absolute Gasteiger partial charge is 0.266 e. The minimum atomic E-state index is 0.0381. The highest BCUT2D eigenvalue weighted by Crippen LogP contribution is 2.36. The number of pyridine rings is 1. The Hall–Kier alpha value is -2.34. The molecule has 1 amide bonds. The number of hydrogen-bond acceptors (Lipinski definition) is 5. The van der Waals surface area contributed by atoms with Gasteiger partial charge in [0.15, 0.2) is 0 Å². The molecule has 0 aliphatic carbocycles. The second kappa shape index (κ2) is 6.76. The van der Waals surface area contributed by atoms with Gasteiger partial charge in [0, 0.05) is 29.9 Å². The maximum absolute atomic E-state index is 13.0. The van der Waals surface area contributed by atoms with Gasteiger partial charge < -0.3 is 15.4 Å². The molecule has 136 valence electrons. The van der Waals surface area contributed by atoms with Crippen LogP contribution in [-0.2, 0) is 0 Å². The highest BCUT2D eigenvalue weighted by atomic mass is 32.1. The maximum Gasteiger partial charge on any atom is 0.266 e. The van der Waals surface area contributed by atoms with Crippen LogP contribution in [0.5, 0.6) is 5.75 Å². The predicted octanol–water partition coefficient (Wildman–Crippen LogP) is 4.30. The molecule has 26 heavy (non-hydrogen) atoms. The fraction of sp³-hybridized carbons (Fsp3) is 0.400. The Labute approximate surface area is 156 Å². The number of anilines is 1. The molecule has 6 heteroatoms. The van der Waals surface area contributed by atoms with Crippen LogP contribution < -0.4 is 10.5 Å². The Kier molecular flexibility index (Phi) is 4.44. The van der Waals surface area contributed by atoms with Gasteiger partial charge in [-0.05, 0) is 43.9 Å². The van der Waals surface area contributed by atoms with Crippen LogP contribution in [0.1, 0.15) is 36.4 Å². The zero-order chi connectivity index (χ0) is 18.3. The van der Waals surface area contributed by atoms with Gasteiger partial charge in [-0.2, -0.15) is 0 Å². The first-order valence-corrected chi connectivity index (χ1v) is 9.93. The highest BCUT2D eigenvalue weighted by Gasteiger charge is 2.26. The number of likely N-dealkylation sites (tertiary alicyclic amines) is 1. The molecule has 0 bridgehead atoms. The number of nitrogen functional groups attached to an aromatic ring is 1. The topological polar surface area (TPSA) is 68.5 Å². The normalized spacial score (nSPS) is 17.8. The van der Waals surface area contributed by atoms with E-state index >= 15 is 0 Å². The van der Waals surface area contributed by atoms with Gasteiger partial charge in [-0.15, -0.1) is 11.3 Å². The van der Waals surface area contributed by atoms with Crippen molar-refractivity contribution < 1.29 is 9.53 Å². The zero-order valence-corrected chi connectivity index (χ0v) is 15.9. The molecule has 1 atom stereocenters. The first-order chi connectivity index (χ1) is 12.6. The molecule has 4 rings (SSSR count). The van der Waals surface area contributed by atoms with Crippen molar-refractivity contribution in [3.8, 4) is 5.75 Å². The number of rotatable bonds is 3. The number of piperidine rings is 1. The van der Waals surface area contributed by atoms with E-state index in [1.807, 2.05) is 36.1 Å². The Morgan fingerprint density at radius 1 is 1.42 bits per heavy atom. The second-order valence-corrected chi connectivity index (χ2v) is 7.97. The summed E-state index contributed by atoms with van der Waals surface area (Å²) in [7, 11) is 0. The largest absolute Gasteiger partial charge is 0.494 e. The summed E-state index contributed by atoms with van der Waals surface area (Å²) in [6.45, 7) is 6.38. The minimum absolute atomic E-state index is 0.0381. The van der Waals surface area contributed by atoms with E-state index < -0.39 is 0 Å². The molecule has 3 heterocycles. The molecule has 0 spiro atoms. The van der Waals surface area contributed by atoms with Crippen molar-refractivity contribution in [3.63, 3.8) is 0 Å². The van der Waals surface area contributed by atoms with Crippen LogP contribution in [0.4, 0.5) is 5.69 Å². The lowest BCUT2D eigenvalue weighted by Crippen LogP contribution is -2.38. The third-order valence-corrected chi connectivity index (χ3v) is 6.04. The Morgan fingerprint density at radius 2 is 2.27 bits per heavy atom. The molecule has 1 aromatic carbocycles. The third kappa shape index (κ3) is 2.98. The third-order valence-electron chi connectivity index (χ3n) is 4.94. The molecule has 0 unspecified atom stereocenters. The van der Waals surface area contributed by atoms with E-state index in [0.29, 0.717) is 23.1 Å². The number of carbonyl (C=O) groups is 1. The zero-order valence-electron chi connectivity index (χ0n) is 15.1. The summed E-state index contributed by atoms with van der Waals surface area (Å²) in [6.07, 6.45) is 2.24. The average molecular weight is 369 g/mol. The second-order valence-electron chi connectivity index (χ2n) is 6.97. The van der Waals surface area contributed by atoms with Gasteiger partial charge in [-0.1, -0.05) is 6.92 Å². The van der Waals surface area contributed by atoms with Crippen molar-refractivity contribution in [2.45, 2.75) is 26.7 Å². The Bertz CT molecular complexity index is 982. The van der Waals surface area contributed by atoms with E-state index in [-0.39, 0.29) is 5.91 Å². The van der Waals surface area contributed by atoms with Crippen molar-refractivity contribution in [1.29, 1.82) is 0 Å². The van der Waals surface area contributed by atoms with Gasteiger partial charge in [0.05, 0.1) is 17.8 Å². The summed E-state index contributed by atoms with van der Waals surface area (Å²) in [5.41, 5.74) is 7.76. The van der Waals surface area contributed by atoms with Crippen LogP contribution in [0.25, 0.3) is 21.1 Å². The number of carbonyl (C=O) groups excluding carboxylic acids is 1. The lowest BCUT2D eigenvalue weighted by molar-refractivity contribution is 0.0689. The van der Waals surface area contributed by atoms with Crippen molar-refractivity contribution in [1.82, 2.24) is 9.88 Å². The molecular formula is C20H23N3O2S. The monoisotopic (exact) mass is 369 g/mol. The summed E-state index contributed by atoms with van der Waals surface area (Å²) >= 11 is 1.39. The maximum atomic E-state index is 13.0. The summed E-state index contributed by atoms with van der Waals surface area (Å²) < 4.78 is 5.56. The predicted molar refractivity (Wildman–Crippen MR) is 107 cm³/mol. The van der Waals surface area contributed by atoms with Crippen LogP contribution in [0.2, 0.25) is 0 Å². The number of ether oxygens (including phenoxy) is 1. The number of aromatic nitrogens is 1. The summed E-state index contributed by atoms with van der Waals surface area (Å²) in [5.74, 6) is 1.38. The number of thiophene rings is 1. The summed E-state index contributed by atoms with van der Waals surface area (Å²) in [6, 6.07) is 7.87. The Balaban J connectivity index is 1.75. The fourth-order valence-corrected chi connectivity index (χ4v) is 4.66. The first-order valence-electron chi connectivity index (χ1n) is 9.11. The molecule has 2 N–H and O–H groups in total. The van der Waals surface area contributed by atoms with Crippen LogP contribution >= 0.6 is 11.3 Å². The molecule has 0 radical (unpaired) electrons. The van der Waals surface area contributed by atoms with E-state index in [9.17, 15) is 4.79 Å². The van der Waals surface area contributed by atoms with E-state index in [0.717, 1.165) is 46.4 Å². The number of nitrogens with zero attached hydrogens (tertiary/aromatic N) is 2. The standard InChI is InChI=1S/C20H23N3O2S/c1-3-25-14-7-6-13-9-15-17(21)18(26-19(15)22-16(13)10-14)20(24)23-8-4-5-12(2)11-23/h6-7,9-10,12H,3-5,8,11,21H2,1-2H3/t12-/m1/s1. The SMILES string of the molecule is CCOc1ccc2cc3c(N)c(C(=O)N4CCC[C@@H](C)C4)sc3nc2c1. The van der Waals surface area contributed by atoms with Crippen LogP contribution in [0.3, 0.4) is 0 Å². The molecule has 1 aliphatic rings. The van der Waals surface area contributed by atoms with Gasteiger partial charge >= 0.3 is 0 Å². The van der Waals surface area contributed by atoms with Crippen molar-refractivity contribution in [2.24, 2.45) is 5.92 Å². The first kappa shape index (κ1) is 17.1. The molecule has 0 saturated carbocycles. The fourth-order valence-electron chi connectivity index (χ4n) is 3.61. The summed E-state index contributed by atoms with van der Waals surface area (Å²) in [5, 5.41) is 1.86. The number of hydrogen-bond donors (Lipinski definition) is 1. The van der Waals surface area contributed by atoms with Crippen molar-refractivity contribution >= 4 is 44.1 Å². The minimum Gasteiger partial charge on any atom is -0.494 e. The van der Waals surface area contributed by atoms with Gasteiger partial charge in [-0.25, -0.2) is 4.98 Å². The quantitative estimate of drug-likeness (QED) is 0.747. The van der Waals surface area contributed by atoms with E-state index in [2.05, 4.69) is 6.92 Å². The van der Waals surface area contributed by atoms with Gasteiger partial charge in [0.1, 0.15) is 15.5 Å². The Morgan fingerprint density at radius 3 is 3.04 bits per heavy atom.